The zero-order valence-electron chi connectivity index (χ0n) is 5.28. The molecule has 0 spiro atoms. The highest BCUT2D eigenvalue weighted by atomic mass is 14.8. The molecule has 1 nitrogen and oxygen atoms in total. The normalized spacial score (nSPS) is 7.86. The maximum absolute atomic E-state index is 3.09. The van der Waals surface area contributed by atoms with Crippen LogP contribution in [0.1, 0.15) is 20.8 Å². The van der Waals surface area contributed by atoms with Crippen LogP contribution in [0.4, 0.5) is 0 Å². The molecular weight excluding hydrogens is 86.1 g/mol. The van der Waals surface area contributed by atoms with Gasteiger partial charge in [-0.2, -0.15) is 0 Å². The maximum Gasteiger partial charge on any atom is 0.0113 e. The van der Waals surface area contributed by atoms with Crippen molar-refractivity contribution in [2.24, 2.45) is 0 Å². The molecule has 0 fully saturated rings. The van der Waals surface area contributed by atoms with Crippen LogP contribution < -0.4 is 5.32 Å². The van der Waals surface area contributed by atoms with Gasteiger partial charge in [0.25, 0.3) is 0 Å². The molecule has 1 N–H and O–H groups in total. The van der Waals surface area contributed by atoms with Crippen molar-refractivity contribution in [1.29, 1.82) is 0 Å². The van der Waals surface area contributed by atoms with Crippen molar-refractivity contribution in [2.75, 3.05) is 6.54 Å². The fourth-order valence-electron chi connectivity index (χ4n) is 0.306. The molecule has 0 aromatic rings. The molecule has 0 saturated carbocycles. The van der Waals surface area contributed by atoms with Gasteiger partial charge in [-0.25, -0.2) is 0 Å². The smallest absolute Gasteiger partial charge is 0.0113 e. The highest BCUT2D eigenvalue weighted by molar-refractivity contribution is 4.90. The average molecular weight is 99.2 g/mol. The molecule has 0 aliphatic rings. The lowest BCUT2D eigenvalue weighted by molar-refractivity contribution is 0.907. The molecule has 0 aromatic heterocycles. The van der Waals surface area contributed by atoms with E-state index < -0.39 is 0 Å². The lowest BCUT2D eigenvalue weighted by Gasteiger charge is -1.91. The maximum atomic E-state index is 3.09. The largest absolute Gasteiger partial charge is 0.391 e. The fourth-order valence-corrected chi connectivity index (χ4v) is 0.306. The van der Waals surface area contributed by atoms with Crippen molar-refractivity contribution in [1.82, 2.24) is 5.32 Å². The predicted octanol–water partition coefficient (Wildman–Crippen LogP) is 1.52. The molecule has 0 aromatic carbocycles. The van der Waals surface area contributed by atoms with Crippen molar-refractivity contribution in [3.63, 3.8) is 0 Å². The molecule has 0 aliphatic carbocycles. The van der Waals surface area contributed by atoms with Gasteiger partial charge < -0.3 is 5.32 Å². The van der Waals surface area contributed by atoms with Gasteiger partial charge in [0, 0.05) is 6.54 Å². The molecule has 0 aliphatic heterocycles. The molecule has 0 atom stereocenters. The first-order chi connectivity index (χ1) is 3.27. The number of hydrogen-bond acceptors (Lipinski definition) is 1. The Labute approximate surface area is 45.4 Å². The zero-order valence-corrected chi connectivity index (χ0v) is 5.28. The van der Waals surface area contributed by atoms with Gasteiger partial charge in [-0.15, -0.1) is 0 Å². The molecule has 0 heterocycles. The van der Waals surface area contributed by atoms with Crippen LogP contribution in [0.2, 0.25) is 0 Å². The fraction of sp³-hybridized carbons (Fsp3) is 0.667. The molecule has 42 valence electrons. The van der Waals surface area contributed by atoms with Crippen LogP contribution in [0.3, 0.4) is 0 Å². The summed E-state index contributed by atoms with van der Waals surface area (Å²) in [6.45, 7) is 7.25. The van der Waals surface area contributed by atoms with Gasteiger partial charge in [0.2, 0.25) is 0 Å². The summed E-state index contributed by atoms with van der Waals surface area (Å²) >= 11 is 0. The predicted molar refractivity (Wildman–Crippen MR) is 33.1 cm³/mol. The minimum absolute atomic E-state index is 1.02. The molecule has 1 heteroatoms. The highest BCUT2D eigenvalue weighted by Gasteiger charge is 1.69. The molecular formula is C6H13N. The van der Waals surface area contributed by atoms with Crippen LogP contribution >= 0.6 is 0 Å². The van der Waals surface area contributed by atoms with Gasteiger partial charge in [-0.3, -0.25) is 0 Å². The molecule has 0 bridgehead atoms. The van der Waals surface area contributed by atoms with Crippen molar-refractivity contribution >= 4 is 0 Å². The van der Waals surface area contributed by atoms with Crippen LogP contribution in [0, 0.1) is 0 Å². The van der Waals surface area contributed by atoms with Crippen molar-refractivity contribution in [3.05, 3.63) is 11.8 Å². The third kappa shape index (κ3) is 5.54. The van der Waals surface area contributed by atoms with E-state index in [-0.39, 0.29) is 0 Å². The second-order valence-electron chi connectivity index (χ2n) is 1.78. The summed E-state index contributed by atoms with van der Waals surface area (Å²) in [6, 6.07) is 0. The van der Waals surface area contributed by atoms with Gasteiger partial charge >= 0.3 is 0 Å². The third-order valence-corrected chi connectivity index (χ3v) is 0.595. The summed E-state index contributed by atoms with van der Waals surface area (Å²) < 4.78 is 0. The van der Waals surface area contributed by atoms with E-state index >= 15 is 0 Å². The first kappa shape index (κ1) is 6.54. The minimum atomic E-state index is 1.02. The summed E-state index contributed by atoms with van der Waals surface area (Å²) in [4.78, 5) is 0. The van der Waals surface area contributed by atoms with E-state index in [1.165, 1.54) is 5.57 Å². The topological polar surface area (TPSA) is 12.0 Å². The molecule has 0 rings (SSSR count). The van der Waals surface area contributed by atoms with E-state index in [1.807, 2.05) is 6.20 Å². The lowest BCUT2D eigenvalue weighted by Crippen LogP contribution is -2.02. The summed E-state index contributed by atoms with van der Waals surface area (Å²) in [5.74, 6) is 0. The van der Waals surface area contributed by atoms with E-state index in [2.05, 4.69) is 26.1 Å². The average Bonchev–Trinajstić information content (AvgIpc) is 1.61. The van der Waals surface area contributed by atoms with Gasteiger partial charge in [0.05, 0.1) is 0 Å². The first-order valence-electron chi connectivity index (χ1n) is 2.64. The lowest BCUT2D eigenvalue weighted by atomic mass is 10.4. The standard InChI is InChI=1S/C6H13N/c1-4-7-5-6(2)3/h5,7H,4H2,1-3H3. The van der Waals surface area contributed by atoms with E-state index in [4.69, 9.17) is 0 Å². The van der Waals surface area contributed by atoms with Gasteiger partial charge in [0.15, 0.2) is 0 Å². The van der Waals surface area contributed by atoms with Gasteiger partial charge in [-0.1, -0.05) is 5.57 Å². The Bertz CT molecular complexity index is 60.6. The van der Waals surface area contributed by atoms with E-state index in [0.29, 0.717) is 0 Å². The van der Waals surface area contributed by atoms with Crippen LogP contribution in [0.15, 0.2) is 11.8 Å². The Balaban J connectivity index is 3.08. The van der Waals surface area contributed by atoms with Crippen molar-refractivity contribution in [3.8, 4) is 0 Å². The first-order valence-corrected chi connectivity index (χ1v) is 2.64. The zero-order chi connectivity index (χ0) is 5.70. The summed E-state index contributed by atoms with van der Waals surface area (Å²) in [5, 5.41) is 3.09. The van der Waals surface area contributed by atoms with Crippen LogP contribution in [0.25, 0.3) is 0 Å². The Morgan fingerprint density at radius 2 is 2.14 bits per heavy atom. The Hall–Kier alpha value is -0.460. The molecule has 7 heavy (non-hydrogen) atoms. The SMILES string of the molecule is CCNC=C(C)C. The molecule has 0 amide bonds. The van der Waals surface area contributed by atoms with Crippen LogP contribution in [-0.4, -0.2) is 6.54 Å². The summed E-state index contributed by atoms with van der Waals surface area (Å²) in [7, 11) is 0. The highest BCUT2D eigenvalue weighted by Crippen LogP contribution is 1.81. The summed E-state index contributed by atoms with van der Waals surface area (Å²) in [5.41, 5.74) is 1.32. The monoisotopic (exact) mass is 99.1 g/mol. The molecule has 0 unspecified atom stereocenters. The minimum Gasteiger partial charge on any atom is -0.391 e. The van der Waals surface area contributed by atoms with Gasteiger partial charge in [-0.05, 0) is 27.0 Å². The van der Waals surface area contributed by atoms with Crippen molar-refractivity contribution in [2.45, 2.75) is 20.8 Å². The Kier molecular flexibility index (Phi) is 3.48. The number of nitrogens with one attached hydrogen (secondary N) is 1. The number of hydrogen-bond donors (Lipinski definition) is 1. The van der Waals surface area contributed by atoms with E-state index in [1.54, 1.807) is 0 Å². The number of rotatable bonds is 2. The third-order valence-electron chi connectivity index (χ3n) is 0.595. The number of allylic oxidation sites excluding steroid dienone is 1. The Morgan fingerprint density at radius 3 is 2.29 bits per heavy atom. The van der Waals surface area contributed by atoms with Crippen LogP contribution in [0.5, 0.6) is 0 Å². The second-order valence-corrected chi connectivity index (χ2v) is 1.78. The quantitative estimate of drug-likeness (QED) is 0.553. The van der Waals surface area contributed by atoms with E-state index in [0.717, 1.165) is 6.54 Å². The van der Waals surface area contributed by atoms with Crippen molar-refractivity contribution < 1.29 is 0 Å². The molecule has 0 saturated heterocycles. The van der Waals surface area contributed by atoms with E-state index in [9.17, 15) is 0 Å². The second kappa shape index (κ2) is 3.72. The summed E-state index contributed by atoms with van der Waals surface area (Å²) in [6.07, 6.45) is 2.01. The van der Waals surface area contributed by atoms with Gasteiger partial charge in [0.1, 0.15) is 0 Å². The molecule has 0 radical (unpaired) electrons. The van der Waals surface area contributed by atoms with Crippen LogP contribution in [-0.2, 0) is 0 Å². The Morgan fingerprint density at radius 1 is 1.57 bits per heavy atom.